The van der Waals surface area contributed by atoms with Crippen molar-refractivity contribution in [1.82, 2.24) is 14.9 Å². The van der Waals surface area contributed by atoms with Crippen LogP contribution in [0, 0.1) is 0 Å². The highest BCUT2D eigenvalue weighted by atomic mass is 16.1. The van der Waals surface area contributed by atoms with Crippen molar-refractivity contribution in [2.75, 3.05) is 6.54 Å². The molecule has 1 amide bonds. The van der Waals surface area contributed by atoms with Gasteiger partial charge in [0.25, 0.3) is 5.91 Å². The molecular formula is C17H24N4O. The third kappa shape index (κ3) is 4.70. The Hall–Kier alpha value is -2.14. The molecule has 1 aromatic heterocycles. The maximum absolute atomic E-state index is 12.2. The van der Waals surface area contributed by atoms with E-state index in [1.807, 2.05) is 35.0 Å². The first kappa shape index (κ1) is 16.2. The smallest absolute Gasteiger partial charge is 0.251 e. The first-order valence-corrected chi connectivity index (χ1v) is 7.78. The van der Waals surface area contributed by atoms with Crippen LogP contribution in [0.4, 0.5) is 0 Å². The van der Waals surface area contributed by atoms with Gasteiger partial charge in [-0.1, -0.05) is 31.9 Å². The molecule has 0 saturated heterocycles. The maximum Gasteiger partial charge on any atom is 0.251 e. The van der Waals surface area contributed by atoms with E-state index in [4.69, 9.17) is 5.73 Å². The fourth-order valence-electron chi connectivity index (χ4n) is 2.32. The van der Waals surface area contributed by atoms with Crippen molar-refractivity contribution in [1.29, 1.82) is 0 Å². The number of rotatable bonds is 8. The van der Waals surface area contributed by atoms with Crippen LogP contribution in [-0.2, 0) is 6.54 Å². The second-order valence-electron chi connectivity index (χ2n) is 5.48. The van der Waals surface area contributed by atoms with Crippen molar-refractivity contribution in [3.05, 3.63) is 54.1 Å². The summed E-state index contributed by atoms with van der Waals surface area (Å²) in [5, 5.41) is 3.00. The Kier molecular flexibility index (Phi) is 6.15. The molecule has 1 heterocycles. The highest BCUT2D eigenvalue weighted by molar-refractivity contribution is 5.94. The topological polar surface area (TPSA) is 72.9 Å². The number of aromatic nitrogens is 2. The fourth-order valence-corrected chi connectivity index (χ4v) is 2.32. The minimum atomic E-state index is -0.0549. The summed E-state index contributed by atoms with van der Waals surface area (Å²) < 4.78 is 1.99. The monoisotopic (exact) mass is 300 g/mol. The Labute approximate surface area is 131 Å². The van der Waals surface area contributed by atoms with Crippen molar-refractivity contribution < 1.29 is 4.79 Å². The molecule has 2 rings (SSSR count). The van der Waals surface area contributed by atoms with Crippen molar-refractivity contribution in [3.8, 4) is 0 Å². The molecule has 0 fully saturated rings. The first-order chi connectivity index (χ1) is 10.7. The van der Waals surface area contributed by atoms with Gasteiger partial charge < -0.3 is 15.6 Å². The molecule has 0 saturated carbocycles. The zero-order chi connectivity index (χ0) is 15.8. The lowest BCUT2D eigenvalue weighted by Crippen LogP contribution is -2.40. The van der Waals surface area contributed by atoms with E-state index in [-0.39, 0.29) is 11.9 Å². The van der Waals surface area contributed by atoms with E-state index in [9.17, 15) is 4.79 Å². The molecule has 5 heteroatoms. The standard InChI is InChI=1S/C17H24N4O/c1-2-3-4-16(11-18)20-17(22)15-7-5-14(6-8-15)12-21-10-9-19-13-21/h5-10,13,16H,2-4,11-12,18H2,1H3,(H,20,22). The molecule has 0 bridgehead atoms. The summed E-state index contributed by atoms with van der Waals surface area (Å²) in [6.45, 7) is 3.36. The molecule has 0 radical (unpaired) electrons. The van der Waals surface area contributed by atoms with Gasteiger partial charge in [-0.05, 0) is 24.1 Å². The number of nitrogens with two attached hydrogens (primary N) is 1. The second-order valence-corrected chi connectivity index (χ2v) is 5.48. The molecule has 1 atom stereocenters. The highest BCUT2D eigenvalue weighted by Crippen LogP contribution is 2.08. The van der Waals surface area contributed by atoms with Crippen LogP contribution in [0.2, 0.25) is 0 Å². The van der Waals surface area contributed by atoms with Gasteiger partial charge in [0.2, 0.25) is 0 Å². The van der Waals surface area contributed by atoms with Crippen molar-refractivity contribution in [2.24, 2.45) is 5.73 Å². The number of carbonyl (C=O) groups excluding carboxylic acids is 1. The van der Waals surface area contributed by atoms with E-state index in [2.05, 4.69) is 17.2 Å². The Morgan fingerprint density at radius 3 is 2.73 bits per heavy atom. The maximum atomic E-state index is 12.2. The average molecular weight is 300 g/mol. The predicted octanol–water partition coefficient (Wildman–Crippen LogP) is 2.18. The zero-order valence-electron chi connectivity index (χ0n) is 13.0. The van der Waals surface area contributed by atoms with Gasteiger partial charge in [0.05, 0.1) is 6.33 Å². The summed E-state index contributed by atoms with van der Waals surface area (Å²) >= 11 is 0. The molecular weight excluding hydrogens is 276 g/mol. The minimum absolute atomic E-state index is 0.0538. The van der Waals surface area contributed by atoms with Gasteiger partial charge >= 0.3 is 0 Å². The lowest BCUT2D eigenvalue weighted by molar-refractivity contribution is 0.0936. The summed E-state index contributed by atoms with van der Waals surface area (Å²) in [4.78, 5) is 16.2. The van der Waals surface area contributed by atoms with E-state index >= 15 is 0 Å². The number of nitrogens with one attached hydrogen (secondary N) is 1. The number of benzene rings is 1. The van der Waals surface area contributed by atoms with Gasteiger partial charge in [-0.3, -0.25) is 4.79 Å². The normalized spacial score (nSPS) is 12.1. The number of hydrogen-bond donors (Lipinski definition) is 2. The number of imidazole rings is 1. The Morgan fingerprint density at radius 1 is 1.36 bits per heavy atom. The minimum Gasteiger partial charge on any atom is -0.348 e. The van der Waals surface area contributed by atoms with Gasteiger partial charge in [-0.2, -0.15) is 0 Å². The summed E-state index contributed by atoms with van der Waals surface area (Å²) in [5.74, 6) is -0.0549. The van der Waals surface area contributed by atoms with E-state index in [0.29, 0.717) is 12.1 Å². The van der Waals surface area contributed by atoms with E-state index in [0.717, 1.165) is 31.4 Å². The van der Waals surface area contributed by atoms with Crippen molar-refractivity contribution in [2.45, 2.75) is 38.8 Å². The molecule has 5 nitrogen and oxygen atoms in total. The van der Waals surface area contributed by atoms with Gasteiger partial charge in [0.15, 0.2) is 0 Å². The van der Waals surface area contributed by atoms with Crippen LogP contribution in [0.15, 0.2) is 43.0 Å². The Balaban J connectivity index is 1.92. The third-order valence-corrected chi connectivity index (χ3v) is 3.67. The van der Waals surface area contributed by atoms with Crippen molar-refractivity contribution >= 4 is 5.91 Å². The van der Waals surface area contributed by atoms with Crippen LogP contribution < -0.4 is 11.1 Å². The number of amides is 1. The zero-order valence-corrected chi connectivity index (χ0v) is 13.0. The van der Waals surface area contributed by atoms with Crippen LogP contribution in [0.3, 0.4) is 0 Å². The average Bonchev–Trinajstić information content (AvgIpc) is 3.05. The summed E-state index contributed by atoms with van der Waals surface area (Å²) in [7, 11) is 0. The number of nitrogens with zero attached hydrogens (tertiary/aromatic N) is 2. The molecule has 3 N–H and O–H groups in total. The molecule has 2 aromatic rings. The molecule has 0 aliphatic rings. The van der Waals surface area contributed by atoms with Crippen LogP contribution in [-0.4, -0.2) is 28.0 Å². The fraction of sp³-hybridized carbons (Fsp3) is 0.412. The van der Waals surface area contributed by atoms with Gasteiger partial charge in [-0.25, -0.2) is 4.98 Å². The third-order valence-electron chi connectivity index (χ3n) is 3.67. The Bertz CT molecular complexity index is 563. The lowest BCUT2D eigenvalue weighted by atomic mass is 10.1. The van der Waals surface area contributed by atoms with Crippen LogP contribution in [0.1, 0.15) is 42.1 Å². The molecule has 0 aliphatic heterocycles. The molecule has 22 heavy (non-hydrogen) atoms. The molecule has 1 unspecified atom stereocenters. The number of carbonyl (C=O) groups is 1. The summed E-state index contributed by atoms with van der Waals surface area (Å²) in [6, 6.07) is 7.71. The van der Waals surface area contributed by atoms with Crippen LogP contribution in [0.5, 0.6) is 0 Å². The quantitative estimate of drug-likeness (QED) is 0.785. The van der Waals surface area contributed by atoms with E-state index in [1.165, 1.54) is 0 Å². The number of hydrogen-bond acceptors (Lipinski definition) is 3. The Morgan fingerprint density at radius 2 is 2.14 bits per heavy atom. The van der Waals surface area contributed by atoms with Crippen LogP contribution >= 0.6 is 0 Å². The van der Waals surface area contributed by atoms with E-state index < -0.39 is 0 Å². The first-order valence-electron chi connectivity index (χ1n) is 7.78. The van der Waals surface area contributed by atoms with Gasteiger partial charge in [0, 0.05) is 37.1 Å². The molecule has 0 spiro atoms. The predicted molar refractivity (Wildman–Crippen MR) is 87.6 cm³/mol. The lowest BCUT2D eigenvalue weighted by Gasteiger charge is -2.16. The summed E-state index contributed by atoms with van der Waals surface area (Å²) in [6.07, 6.45) is 8.56. The summed E-state index contributed by atoms with van der Waals surface area (Å²) in [5.41, 5.74) is 7.52. The molecule has 118 valence electrons. The molecule has 0 aliphatic carbocycles. The largest absolute Gasteiger partial charge is 0.348 e. The second kappa shape index (κ2) is 8.34. The van der Waals surface area contributed by atoms with Gasteiger partial charge in [0.1, 0.15) is 0 Å². The molecule has 1 aromatic carbocycles. The SMILES string of the molecule is CCCCC(CN)NC(=O)c1ccc(Cn2ccnc2)cc1. The number of unbranched alkanes of at least 4 members (excludes halogenated alkanes) is 1. The van der Waals surface area contributed by atoms with Crippen LogP contribution in [0.25, 0.3) is 0 Å². The van der Waals surface area contributed by atoms with Gasteiger partial charge in [-0.15, -0.1) is 0 Å². The highest BCUT2D eigenvalue weighted by Gasteiger charge is 2.11. The van der Waals surface area contributed by atoms with E-state index in [1.54, 1.807) is 12.5 Å². The van der Waals surface area contributed by atoms with Crippen molar-refractivity contribution in [3.63, 3.8) is 0 Å².